The second-order valence-corrected chi connectivity index (χ2v) is 6.98. The standard InChI is InChI=1S/C16H20BrN3O3/c1-19(8-11-3-2-4-14(11)21)16(22)15-6-5-13(23-15)10-20-9-12(17)7-18-20/h5-7,9,11,14,21H,2-4,8,10H2,1H3/t11-,14-/m1/s1. The Morgan fingerprint density at radius 1 is 1.52 bits per heavy atom. The number of carbonyl (C=O) groups is 1. The predicted molar refractivity (Wildman–Crippen MR) is 88.0 cm³/mol. The average Bonchev–Trinajstić information content (AvgIpc) is 3.23. The Kier molecular flexibility index (Phi) is 4.87. The number of amides is 1. The molecule has 1 fully saturated rings. The predicted octanol–water partition coefficient (Wildman–Crippen LogP) is 2.52. The summed E-state index contributed by atoms with van der Waals surface area (Å²) in [5, 5.41) is 14.0. The van der Waals surface area contributed by atoms with E-state index < -0.39 is 0 Å². The summed E-state index contributed by atoms with van der Waals surface area (Å²) in [6.07, 6.45) is 6.08. The van der Waals surface area contributed by atoms with Gasteiger partial charge in [0, 0.05) is 25.7 Å². The zero-order chi connectivity index (χ0) is 16.4. The summed E-state index contributed by atoms with van der Waals surface area (Å²) in [7, 11) is 1.75. The largest absolute Gasteiger partial charge is 0.454 e. The van der Waals surface area contributed by atoms with Crippen LogP contribution in [0.3, 0.4) is 0 Å². The average molecular weight is 382 g/mol. The van der Waals surface area contributed by atoms with Crippen LogP contribution in [0.25, 0.3) is 0 Å². The minimum atomic E-state index is -0.296. The monoisotopic (exact) mass is 381 g/mol. The maximum atomic E-state index is 12.4. The molecular formula is C16H20BrN3O3. The Morgan fingerprint density at radius 3 is 3.00 bits per heavy atom. The fourth-order valence-electron chi connectivity index (χ4n) is 3.02. The van der Waals surface area contributed by atoms with E-state index in [0.717, 1.165) is 23.7 Å². The number of halogens is 1. The van der Waals surface area contributed by atoms with Gasteiger partial charge in [0.1, 0.15) is 5.76 Å². The van der Waals surface area contributed by atoms with Gasteiger partial charge in [-0.05, 0) is 40.9 Å². The molecule has 2 aromatic heterocycles. The molecule has 7 heteroatoms. The van der Waals surface area contributed by atoms with Gasteiger partial charge in [0.15, 0.2) is 5.76 Å². The van der Waals surface area contributed by atoms with E-state index in [1.54, 1.807) is 35.0 Å². The first-order chi connectivity index (χ1) is 11.0. The van der Waals surface area contributed by atoms with Gasteiger partial charge in [0.2, 0.25) is 0 Å². The molecule has 1 saturated carbocycles. The van der Waals surface area contributed by atoms with E-state index >= 15 is 0 Å². The molecule has 1 aliphatic carbocycles. The highest BCUT2D eigenvalue weighted by Gasteiger charge is 2.28. The van der Waals surface area contributed by atoms with Crippen molar-refractivity contribution in [3.05, 3.63) is 40.5 Å². The van der Waals surface area contributed by atoms with Gasteiger partial charge in [-0.15, -0.1) is 0 Å². The molecule has 0 aliphatic heterocycles. The van der Waals surface area contributed by atoms with Gasteiger partial charge in [0.05, 0.1) is 23.3 Å². The molecule has 2 heterocycles. The molecule has 0 spiro atoms. The van der Waals surface area contributed by atoms with Crippen LogP contribution in [0.15, 0.2) is 33.4 Å². The second-order valence-electron chi connectivity index (χ2n) is 6.07. The Hall–Kier alpha value is -1.60. The molecule has 2 atom stereocenters. The van der Waals surface area contributed by atoms with Gasteiger partial charge in [-0.3, -0.25) is 9.48 Å². The normalized spacial score (nSPS) is 20.8. The quantitative estimate of drug-likeness (QED) is 0.863. The maximum Gasteiger partial charge on any atom is 0.289 e. The molecule has 6 nitrogen and oxygen atoms in total. The third-order valence-corrected chi connectivity index (χ3v) is 4.68. The van der Waals surface area contributed by atoms with Gasteiger partial charge in [-0.2, -0.15) is 5.10 Å². The summed E-state index contributed by atoms with van der Waals surface area (Å²) in [5.41, 5.74) is 0. The van der Waals surface area contributed by atoms with Crippen LogP contribution in [0.2, 0.25) is 0 Å². The van der Waals surface area contributed by atoms with E-state index in [9.17, 15) is 9.90 Å². The topological polar surface area (TPSA) is 71.5 Å². The first-order valence-electron chi connectivity index (χ1n) is 7.73. The van der Waals surface area contributed by atoms with E-state index in [-0.39, 0.29) is 17.9 Å². The van der Waals surface area contributed by atoms with Crippen LogP contribution in [0, 0.1) is 5.92 Å². The van der Waals surface area contributed by atoms with Crippen LogP contribution >= 0.6 is 15.9 Å². The lowest BCUT2D eigenvalue weighted by molar-refractivity contribution is 0.0663. The minimum Gasteiger partial charge on any atom is -0.454 e. The van der Waals surface area contributed by atoms with Crippen molar-refractivity contribution in [1.82, 2.24) is 14.7 Å². The summed E-state index contributed by atoms with van der Waals surface area (Å²) in [4.78, 5) is 14.1. The number of hydrogen-bond donors (Lipinski definition) is 1. The molecule has 0 radical (unpaired) electrons. The summed E-state index contributed by atoms with van der Waals surface area (Å²) >= 11 is 3.34. The van der Waals surface area contributed by atoms with Gasteiger partial charge in [0.25, 0.3) is 5.91 Å². The molecule has 1 amide bonds. The molecule has 3 rings (SSSR count). The number of aliphatic hydroxyl groups is 1. The molecule has 0 bridgehead atoms. The van der Waals surface area contributed by atoms with E-state index in [1.807, 2.05) is 6.20 Å². The number of aliphatic hydroxyl groups excluding tert-OH is 1. The summed E-state index contributed by atoms with van der Waals surface area (Å²) in [6.45, 7) is 1.03. The van der Waals surface area contributed by atoms with Crippen LogP contribution in [0.1, 0.15) is 35.6 Å². The highest BCUT2D eigenvalue weighted by atomic mass is 79.9. The molecule has 0 unspecified atom stereocenters. The lowest BCUT2D eigenvalue weighted by atomic mass is 10.1. The molecule has 2 aromatic rings. The molecule has 124 valence electrons. The fraction of sp³-hybridized carbons (Fsp3) is 0.500. The van der Waals surface area contributed by atoms with E-state index in [0.29, 0.717) is 24.6 Å². The van der Waals surface area contributed by atoms with E-state index in [4.69, 9.17) is 4.42 Å². The third kappa shape index (κ3) is 3.84. The van der Waals surface area contributed by atoms with Crippen molar-refractivity contribution in [2.24, 2.45) is 5.92 Å². The summed E-state index contributed by atoms with van der Waals surface area (Å²) in [5.74, 6) is 1.01. The van der Waals surface area contributed by atoms with Gasteiger partial charge in [-0.1, -0.05) is 6.42 Å². The van der Waals surface area contributed by atoms with Gasteiger partial charge in [-0.25, -0.2) is 0 Å². The lowest BCUT2D eigenvalue weighted by Gasteiger charge is -2.22. The van der Waals surface area contributed by atoms with Crippen molar-refractivity contribution < 1.29 is 14.3 Å². The molecule has 1 aliphatic rings. The first kappa shape index (κ1) is 16.3. The summed E-state index contributed by atoms with van der Waals surface area (Å²) in [6, 6.07) is 3.48. The highest BCUT2D eigenvalue weighted by Crippen LogP contribution is 2.26. The number of nitrogens with zero attached hydrogens (tertiary/aromatic N) is 3. The minimum absolute atomic E-state index is 0.156. The van der Waals surface area contributed by atoms with Crippen LogP contribution in [0.4, 0.5) is 0 Å². The number of rotatable bonds is 5. The van der Waals surface area contributed by atoms with Crippen LogP contribution < -0.4 is 0 Å². The van der Waals surface area contributed by atoms with Crippen molar-refractivity contribution in [1.29, 1.82) is 0 Å². The highest BCUT2D eigenvalue weighted by molar-refractivity contribution is 9.10. The molecule has 0 saturated heterocycles. The van der Waals surface area contributed by atoms with Crippen molar-refractivity contribution in [3.8, 4) is 0 Å². The zero-order valence-electron chi connectivity index (χ0n) is 13.0. The number of aromatic nitrogens is 2. The van der Waals surface area contributed by atoms with Gasteiger partial charge < -0.3 is 14.4 Å². The van der Waals surface area contributed by atoms with Crippen molar-refractivity contribution >= 4 is 21.8 Å². The van der Waals surface area contributed by atoms with Crippen molar-refractivity contribution in [2.75, 3.05) is 13.6 Å². The fourth-order valence-corrected chi connectivity index (χ4v) is 3.34. The summed E-state index contributed by atoms with van der Waals surface area (Å²) < 4.78 is 8.27. The van der Waals surface area contributed by atoms with E-state index in [1.165, 1.54) is 0 Å². The Morgan fingerprint density at radius 2 is 2.35 bits per heavy atom. The number of carbonyl (C=O) groups excluding carboxylic acids is 1. The Labute approximate surface area is 143 Å². The van der Waals surface area contributed by atoms with E-state index in [2.05, 4.69) is 21.0 Å². The third-order valence-electron chi connectivity index (χ3n) is 4.27. The van der Waals surface area contributed by atoms with Crippen molar-refractivity contribution in [2.45, 2.75) is 31.9 Å². The smallest absolute Gasteiger partial charge is 0.289 e. The SMILES string of the molecule is CN(C[C@H]1CCC[C@H]1O)C(=O)c1ccc(Cn2cc(Br)cn2)o1. The Bertz CT molecular complexity index is 682. The molecule has 0 aromatic carbocycles. The molecular weight excluding hydrogens is 362 g/mol. The van der Waals surface area contributed by atoms with Crippen molar-refractivity contribution in [3.63, 3.8) is 0 Å². The van der Waals surface area contributed by atoms with Crippen LogP contribution in [-0.2, 0) is 6.54 Å². The zero-order valence-corrected chi connectivity index (χ0v) is 14.6. The second kappa shape index (κ2) is 6.88. The maximum absolute atomic E-state index is 12.4. The molecule has 23 heavy (non-hydrogen) atoms. The number of furan rings is 1. The Balaban J connectivity index is 1.61. The molecule has 1 N–H and O–H groups in total. The van der Waals surface area contributed by atoms with Crippen LogP contribution in [0.5, 0.6) is 0 Å². The first-order valence-corrected chi connectivity index (χ1v) is 8.52. The number of hydrogen-bond acceptors (Lipinski definition) is 4. The lowest BCUT2D eigenvalue weighted by Crippen LogP contribution is -2.34. The van der Waals surface area contributed by atoms with Gasteiger partial charge >= 0.3 is 0 Å². The van der Waals surface area contributed by atoms with Crippen LogP contribution in [-0.4, -0.2) is 45.4 Å².